The number of fused-ring (bicyclic) bond motifs is 4. The Labute approximate surface area is 231 Å². The van der Waals surface area contributed by atoms with Crippen LogP contribution in [0.15, 0.2) is 65.1 Å². The molecule has 0 aliphatic heterocycles. The smallest absolute Gasteiger partial charge is 0.255 e. The van der Waals surface area contributed by atoms with Crippen LogP contribution in [0, 0.1) is 6.92 Å². The number of furan rings is 1. The summed E-state index contributed by atoms with van der Waals surface area (Å²) in [6.07, 6.45) is 1.69. The lowest BCUT2D eigenvalue weighted by atomic mass is 9.80. The normalized spacial score (nSPS) is 17.1. The average molecular weight is 543 g/mol. The Morgan fingerprint density at radius 1 is 1.18 bits per heavy atom. The van der Waals surface area contributed by atoms with E-state index >= 15 is 0 Å². The molecule has 6 rings (SSSR count). The van der Waals surface area contributed by atoms with E-state index in [4.69, 9.17) is 20.8 Å². The van der Waals surface area contributed by atoms with Gasteiger partial charge in [-0.3, -0.25) is 4.79 Å². The van der Waals surface area contributed by atoms with Crippen molar-refractivity contribution in [3.8, 4) is 17.1 Å². The molecule has 0 saturated carbocycles. The summed E-state index contributed by atoms with van der Waals surface area (Å²) in [5, 5.41) is 16.5. The number of halogens is 1. The maximum absolute atomic E-state index is 13.9. The van der Waals surface area contributed by atoms with E-state index in [1.54, 1.807) is 6.07 Å². The van der Waals surface area contributed by atoms with Gasteiger partial charge in [0.1, 0.15) is 17.1 Å². The number of rotatable bonds is 6. The number of amides is 1. The maximum atomic E-state index is 13.9. The first kappa shape index (κ1) is 25.5. The van der Waals surface area contributed by atoms with E-state index in [0.29, 0.717) is 41.4 Å². The fraction of sp³-hybridized carbons (Fsp3) is 0.281. The molecule has 1 amide bonds. The van der Waals surface area contributed by atoms with Crippen molar-refractivity contribution in [1.82, 2.24) is 10.3 Å². The van der Waals surface area contributed by atoms with Gasteiger partial charge in [-0.15, -0.1) is 0 Å². The largest absolute Gasteiger partial charge is 0.490 e. The van der Waals surface area contributed by atoms with E-state index in [-0.39, 0.29) is 18.6 Å². The van der Waals surface area contributed by atoms with E-state index in [0.717, 1.165) is 44.3 Å². The summed E-state index contributed by atoms with van der Waals surface area (Å²) in [4.78, 5) is 17.4. The molecule has 0 saturated heterocycles. The number of aromatic nitrogens is 1. The third kappa shape index (κ3) is 4.68. The maximum Gasteiger partial charge on any atom is 0.255 e. The molecular formula is C32H31ClN2O4. The van der Waals surface area contributed by atoms with Crippen molar-refractivity contribution in [1.29, 1.82) is 0 Å². The molecule has 2 aromatic heterocycles. The highest BCUT2D eigenvalue weighted by Gasteiger charge is 2.38. The fourth-order valence-electron chi connectivity index (χ4n) is 5.67. The van der Waals surface area contributed by atoms with E-state index in [2.05, 4.69) is 10.3 Å². The van der Waals surface area contributed by atoms with Crippen LogP contribution in [0.2, 0.25) is 5.02 Å². The van der Waals surface area contributed by atoms with Gasteiger partial charge in [-0.1, -0.05) is 29.8 Å². The standard InChI is InChI=1S/C32H31ClN2O4/c1-18(2)38-28-9-8-21(29-14-20-6-4-5-7-27(20)39-29)13-24(28)31(37)35-32(17-36)11-10-26-25(16-32)23-15-22(33)12-19(3)30(23)34-26/h4-9,12-15,18,34,36H,10-11,16-17H2,1-3H3,(H,35,37). The summed E-state index contributed by atoms with van der Waals surface area (Å²) in [6, 6.07) is 19.2. The SMILES string of the molecule is Cc1cc(Cl)cc2c3c([nH]c12)CCC(CO)(NC(=O)c1cc(-c2cc4ccccc4o2)ccc1OC(C)C)C3. The number of H-pyrrole nitrogens is 1. The number of hydrogen-bond donors (Lipinski definition) is 3. The summed E-state index contributed by atoms with van der Waals surface area (Å²) in [6.45, 7) is 5.70. The number of aliphatic hydroxyl groups excluding tert-OH is 1. The summed E-state index contributed by atoms with van der Waals surface area (Å²) in [5.74, 6) is 0.864. The van der Waals surface area contributed by atoms with Gasteiger partial charge >= 0.3 is 0 Å². The molecule has 200 valence electrons. The molecule has 5 aromatic rings. The van der Waals surface area contributed by atoms with Gasteiger partial charge in [0.2, 0.25) is 0 Å². The molecule has 3 N–H and O–H groups in total. The summed E-state index contributed by atoms with van der Waals surface area (Å²) in [5.41, 5.74) is 5.48. The van der Waals surface area contributed by atoms with Crippen molar-refractivity contribution in [2.24, 2.45) is 0 Å². The first-order chi connectivity index (χ1) is 18.7. The molecule has 6 nitrogen and oxygen atoms in total. The van der Waals surface area contributed by atoms with Crippen LogP contribution in [0.3, 0.4) is 0 Å². The zero-order valence-electron chi connectivity index (χ0n) is 22.2. The molecule has 3 aromatic carbocycles. The Balaban J connectivity index is 1.36. The lowest BCUT2D eigenvalue weighted by Crippen LogP contribution is -2.54. The highest BCUT2D eigenvalue weighted by molar-refractivity contribution is 6.31. The molecular weight excluding hydrogens is 512 g/mol. The molecule has 0 fully saturated rings. The summed E-state index contributed by atoms with van der Waals surface area (Å²) >= 11 is 6.39. The number of carbonyl (C=O) groups is 1. The molecule has 0 radical (unpaired) electrons. The van der Waals surface area contributed by atoms with Gasteiger partial charge in [-0.2, -0.15) is 0 Å². The summed E-state index contributed by atoms with van der Waals surface area (Å²) < 4.78 is 12.1. The zero-order valence-corrected chi connectivity index (χ0v) is 23.0. The predicted octanol–water partition coefficient (Wildman–Crippen LogP) is 6.98. The quantitative estimate of drug-likeness (QED) is 0.216. The second-order valence-electron chi connectivity index (χ2n) is 10.8. The van der Waals surface area contributed by atoms with E-state index in [1.807, 2.05) is 75.4 Å². The van der Waals surface area contributed by atoms with Crippen LogP contribution in [-0.2, 0) is 12.8 Å². The van der Waals surface area contributed by atoms with Crippen LogP contribution >= 0.6 is 11.6 Å². The molecule has 1 aliphatic carbocycles. The zero-order chi connectivity index (χ0) is 27.3. The minimum absolute atomic E-state index is 0.114. The Hall–Kier alpha value is -3.74. The van der Waals surface area contributed by atoms with E-state index in [9.17, 15) is 9.90 Å². The molecule has 0 spiro atoms. The molecule has 2 heterocycles. The highest BCUT2D eigenvalue weighted by atomic mass is 35.5. The first-order valence-corrected chi connectivity index (χ1v) is 13.7. The number of para-hydroxylation sites is 1. The second kappa shape index (κ2) is 9.78. The summed E-state index contributed by atoms with van der Waals surface area (Å²) in [7, 11) is 0. The third-order valence-corrected chi connectivity index (χ3v) is 7.83. The number of hydrogen-bond acceptors (Lipinski definition) is 4. The van der Waals surface area contributed by atoms with Crippen molar-refractivity contribution in [2.45, 2.75) is 51.7 Å². The van der Waals surface area contributed by atoms with Crippen LogP contribution in [0.25, 0.3) is 33.2 Å². The van der Waals surface area contributed by atoms with Gasteiger partial charge in [-0.05, 0) is 87.2 Å². The van der Waals surface area contributed by atoms with Gasteiger partial charge in [0.15, 0.2) is 0 Å². The molecule has 1 unspecified atom stereocenters. The number of carbonyl (C=O) groups excluding carboxylic acids is 1. The van der Waals surface area contributed by atoms with Crippen LogP contribution < -0.4 is 10.1 Å². The second-order valence-corrected chi connectivity index (χ2v) is 11.3. The minimum Gasteiger partial charge on any atom is -0.490 e. The fourth-order valence-corrected chi connectivity index (χ4v) is 5.95. The molecule has 0 bridgehead atoms. The molecule has 1 atom stereocenters. The Morgan fingerprint density at radius 3 is 2.77 bits per heavy atom. The number of aliphatic hydroxyl groups is 1. The average Bonchev–Trinajstić information content (AvgIpc) is 3.50. The van der Waals surface area contributed by atoms with Crippen LogP contribution in [0.5, 0.6) is 5.75 Å². The first-order valence-electron chi connectivity index (χ1n) is 13.3. The monoisotopic (exact) mass is 542 g/mol. The van der Waals surface area contributed by atoms with Gasteiger partial charge in [0.05, 0.1) is 23.8 Å². The number of aromatic amines is 1. The lowest BCUT2D eigenvalue weighted by molar-refractivity contribution is 0.0803. The van der Waals surface area contributed by atoms with Crippen molar-refractivity contribution in [3.05, 3.63) is 88.1 Å². The minimum atomic E-state index is -0.820. The van der Waals surface area contributed by atoms with Gasteiger partial charge < -0.3 is 24.6 Å². The highest BCUT2D eigenvalue weighted by Crippen LogP contribution is 2.37. The van der Waals surface area contributed by atoms with Crippen molar-refractivity contribution >= 4 is 39.4 Å². The van der Waals surface area contributed by atoms with Crippen molar-refractivity contribution in [3.63, 3.8) is 0 Å². The van der Waals surface area contributed by atoms with Gasteiger partial charge in [0.25, 0.3) is 5.91 Å². The Bertz CT molecular complexity index is 1680. The van der Waals surface area contributed by atoms with Crippen molar-refractivity contribution in [2.75, 3.05) is 6.61 Å². The van der Waals surface area contributed by atoms with Gasteiger partial charge in [0, 0.05) is 39.0 Å². The molecule has 39 heavy (non-hydrogen) atoms. The van der Waals surface area contributed by atoms with Crippen LogP contribution in [0.1, 0.15) is 47.4 Å². The topological polar surface area (TPSA) is 87.5 Å². The molecule has 1 aliphatic rings. The van der Waals surface area contributed by atoms with Crippen molar-refractivity contribution < 1.29 is 19.1 Å². The Morgan fingerprint density at radius 2 is 2.00 bits per heavy atom. The number of nitrogens with one attached hydrogen (secondary N) is 2. The van der Waals surface area contributed by atoms with Crippen LogP contribution in [-0.4, -0.2) is 34.2 Å². The number of aryl methyl sites for hydroxylation is 2. The predicted molar refractivity (Wildman–Crippen MR) is 155 cm³/mol. The van der Waals surface area contributed by atoms with E-state index in [1.165, 1.54) is 0 Å². The molecule has 7 heteroatoms. The number of ether oxygens (including phenoxy) is 1. The van der Waals surface area contributed by atoms with E-state index < -0.39 is 5.54 Å². The number of benzene rings is 3. The Kier molecular flexibility index (Phi) is 6.40. The lowest BCUT2D eigenvalue weighted by Gasteiger charge is -2.37. The van der Waals surface area contributed by atoms with Crippen LogP contribution in [0.4, 0.5) is 0 Å². The van der Waals surface area contributed by atoms with Gasteiger partial charge in [-0.25, -0.2) is 0 Å². The third-order valence-electron chi connectivity index (χ3n) is 7.61.